The standard InChI is InChI=1S/C24H33FN2O3/c1-5-16(6-2)22(28)17-7-10-19(11-8-17)27-24(29)26-15(4)23-14(3)20-13-18(25)9-12-21(20)30-23/h9,12-13,15-17,19H,5-8,10-11H2,1-4H3,(H2,26,27,29). The number of halogens is 1. The monoisotopic (exact) mass is 416 g/mol. The van der Waals surface area contributed by atoms with E-state index in [0.29, 0.717) is 17.1 Å². The van der Waals surface area contributed by atoms with Crippen molar-refractivity contribution >= 4 is 22.8 Å². The first-order valence-corrected chi connectivity index (χ1v) is 11.1. The van der Waals surface area contributed by atoms with Crippen LogP contribution in [0.3, 0.4) is 0 Å². The van der Waals surface area contributed by atoms with Crippen molar-refractivity contribution in [3.05, 3.63) is 35.3 Å². The van der Waals surface area contributed by atoms with Crippen molar-refractivity contribution in [2.45, 2.75) is 78.3 Å². The van der Waals surface area contributed by atoms with Gasteiger partial charge in [-0.3, -0.25) is 4.79 Å². The second kappa shape index (κ2) is 9.63. The number of furan rings is 1. The quantitative estimate of drug-likeness (QED) is 0.599. The van der Waals surface area contributed by atoms with Crippen LogP contribution in [0.15, 0.2) is 22.6 Å². The van der Waals surface area contributed by atoms with Crippen LogP contribution in [-0.2, 0) is 4.79 Å². The van der Waals surface area contributed by atoms with Crippen LogP contribution >= 0.6 is 0 Å². The molecule has 30 heavy (non-hydrogen) atoms. The summed E-state index contributed by atoms with van der Waals surface area (Å²) >= 11 is 0. The van der Waals surface area contributed by atoms with E-state index in [0.717, 1.165) is 49.5 Å². The van der Waals surface area contributed by atoms with Gasteiger partial charge in [0.25, 0.3) is 0 Å². The summed E-state index contributed by atoms with van der Waals surface area (Å²) in [5, 5.41) is 6.68. The van der Waals surface area contributed by atoms with Crippen molar-refractivity contribution in [1.82, 2.24) is 10.6 Å². The molecule has 1 fully saturated rings. The minimum atomic E-state index is -0.340. The Morgan fingerprint density at radius 3 is 2.47 bits per heavy atom. The molecule has 1 aliphatic carbocycles. The zero-order valence-corrected chi connectivity index (χ0v) is 18.4. The highest BCUT2D eigenvalue weighted by Crippen LogP contribution is 2.31. The molecule has 2 amide bonds. The Bertz CT molecular complexity index is 895. The topological polar surface area (TPSA) is 71.3 Å². The number of Topliss-reactive ketones (excluding diaryl/α,β-unsaturated/α-hetero) is 1. The predicted molar refractivity (Wildman–Crippen MR) is 116 cm³/mol. The SMILES string of the molecule is CCC(CC)C(=O)C1CCC(NC(=O)NC(C)c2oc3ccc(F)cc3c2C)CC1. The highest BCUT2D eigenvalue weighted by Gasteiger charge is 2.30. The van der Waals surface area contributed by atoms with Crippen LogP contribution < -0.4 is 10.6 Å². The summed E-state index contributed by atoms with van der Waals surface area (Å²) in [5.41, 5.74) is 1.44. The molecule has 1 atom stereocenters. The van der Waals surface area contributed by atoms with Gasteiger partial charge in [-0.1, -0.05) is 13.8 Å². The molecule has 1 aliphatic rings. The van der Waals surface area contributed by atoms with Crippen LogP contribution in [0.2, 0.25) is 0 Å². The highest BCUT2D eigenvalue weighted by atomic mass is 19.1. The molecule has 2 aromatic rings. The Balaban J connectivity index is 1.53. The van der Waals surface area contributed by atoms with E-state index in [4.69, 9.17) is 4.42 Å². The second-order valence-electron chi connectivity index (χ2n) is 8.54. The Hall–Kier alpha value is -2.37. The maximum absolute atomic E-state index is 13.5. The first kappa shape index (κ1) is 22.3. The molecular weight excluding hydrogens is 383 g/mol. The van der Waals surface area contributed by atoms with Gasteiger partial charge in [-0.25, -0.2) is 9.18 Å². The third-order valence-electron chi connectivity index (χ3n) is 6.53. The Morgan fingerprint density at radius 1 is 1.17 bits per heavy atom. The molecule has 0 aliphatic heterocycles. The van der Waals surface area contributed by atoms with Crippen LogP contribution in [0.1, 0.15) is 76.7 Å². The number of fused-ring (bicyclic) bond motifs is 1. The van der Waals surface area contributed by atoms with Crippen LogP contribution in [0.25, 0.3) is 11.0 Å². The first-order valence-electron chi connectivity index (χ1n) is 11.1. The van der Waals surface area contributed by atoms with Crippen LogP contribution in [-0.4, -0.2) is 17.9 Å². The van der Waals surface area contributed by atoms with Crippen molar-refractivity contribution in [1.29, 1.82) is 0 Å². The number of amides is 2. The van der Waals surface area contributed by atoms with Crippen LogP contribution in [0.5, 0.6) is 0 Å². The molecule has 1 aromatic carbocycles. The fraction of sp³-hybridized carbons (Fsp3) is 0.583. The largest absolute Gasteiger partial charge is 0.459 e. The van der Waals surface area contributed by atoms with Gasteiger partial charge in [0.1, 0.15) is 22.9 Å². The third-order valence-corrected chi connectivity index (χ3v) is 6.53. The lowest BCUT2D eigenvalue weighted by Crippen LogP contribution is -2.45. The van der Waals surface area contributed by atoms with Crippen LogP contribution in [0.4, 0.5) is 9.18 Å². The lowest BCUT2D eigenvalue weighted by atomic mass is 9.78. The number of benzene rings is 1. The molecule has 0 saturated heterocycles. The van der Waals surface area contributed by atoms with Gasteiger partial charge < -0.3 is 15.1 Å². The van der Waals surface area contributed by atoms with Gasteiger partial charge in [-0.05, 0) is 70.6 Å². The Kier molecular flexibility index (Phi) is 7.16. The average molecular weight is 417 g/mol. The second-order valence-corrected chi connectivity index (χ2v) is 8.54. The molecule has 1 heterocycles. The summed E-state index contributed by atoms with van der Waals surface area (Å²) in [6, 6.07) is 3.91. The first-order chi connectivity index (χ1) is 14.3. The zero-order valence-electron chi connectivity index (χ0n) is 18.4. The molecule has 0 bridgehead atoms. The van der Waals surface area contributed by atoms with Gasteiger partial charge in [0.15, 0.2) is 0 Å². The molecule has 1 unspecified atom stereocenters. The fourth-order valence-electron chi connectivity index (χ4n) is 4.66. The van der Waals surface area contributed by atoms with E-state index >= 15 is 0 Å². The number of urea groups is 1. The number of aryl methyl sites for hydroxylation is 1. The average Bonchev–Trinajstić information content (AvgIpc) is 3.05. The lowest BCUT2D eigenvalue weighted by Gasteiger charge is -2.30. The molecular formula is C24H33FN2O3. The van der Waals surface area contributed by atoms with Gasteiger partial charge in [-0.15, -0.1) is 0 Å². The maximum atomic E-state index is 13.5. The zero-order chi connectivity index (χ0) is 21.8. The van der Waals surface area contributed by atoms with Crippen molar-refractivity contribution < 1.29 is 18.4 Å². The number of carbonyl (C=O) groups is 2. The molecule has 0 spiro atoms. The van der Waals surface area contributed by atoms with Crippen molar-refractivity contribution in [2.24, 2.45) is 11.8 Å². The van der Waals surface area contributed by atoms with E-state index in [1.807, 2.05) is 13.8 Å². The number of carbonyl (C=O) groups excluding carboxylic acids is 2. The summed E-state index contributed by atoms with van der Waals surface area (Å²) in [5.74, 6) is 1.02. The minimum absolute atomic E-state index is 0.0776. The van der Waals surface area contributed by atoms with E-state index in [1.165, 1.54) is 12.1 Å². The number of rotatable bonds is 7. The molecule has 0 radical (unpaired) electrons. The fourth-order valence-corrected chi connectivity index (χ4v) is 4.66. The minimum Gasteiger partial charge on any atom is -0.459 e. The Morgan fingerprint density at radius 2 is 1.83 bits per heavy atom. The van der Waals surface area contributed by atoms with E-state index in [1.54, 1.807) is 6.07 Å². The van der Waals surface area contributed by atoms with Gasteiger partial charge in [-0.2, -0.15) is 0 Å². The summed E-state index contributed by atoms with van der Waals surface area (Å²) < 4.78 is 19.4. The maximum Gasteiger partial charge on any atom is 0.315 e. The predicted octanol–water partition coefficient (Wildman–Crippen LogP) is 5.80. The number of nitrogens with one attached hydrogen (secondary N) is 2. The molecule has 1 saturated carbocycles. The smallest absolute Gasteiger partial charge is 0.315 e. The van der Waals surface area contributed by atoms with Crippen molar-refractivity contribution in [2.75, 3.05) is 0 Å². The molecule has 2 N–H and O–H groups in total. The molecule has 3 rings (SSSR count). The lowest BCUT2D eigenvalue weighted by molar-refractivity contribution is -0.128. The molecule has 1 aromatic heterocycles. The van der Waals surface area contributed by atoms with Crippen molar-refractivity contribution in [3.63, 3.8) is 0 Å². The van der Waals surface area contributed by atoms with E-state index in [9.17, 15) is 14.0 Å². The number of ketones is 1. The molecule has 164 valence electrons. The van der Waals surface area contributed by atoms with Gasteiger partial charge in [0.2, 0.25) is 0 Å². The van der Waals surface area contributed by atoms with Crippen LogP contribution in [0, 0.1) is 24.6 Å². The van der Waals surface area contributed by atoms with E-state index < -0.39 is 0 Å². The number of hydrogen-bond acceptors (Lipinski definition) is 3. The molecule has 6 heteroatoms. The third kappa shape index (κ3) is 4.85. The normalized spacial score (nSPS) is 20.3. The number of hydrogen-bond donors (Lipinski definition) is 2. The summed E-state index contributed by atoms with van der Waals surface area (Å²) in [7, 11) is 0. The van der Waals surface area contributed by atoms with E-state index in [2.05, 4.69) is 24.5 Å². The summed E-state index contributed by atoms with van der Waals surface area (Å²) in [6.07, 6.45) is 5.13. The van der Waals surface area contributed by atoms with Gasteiger partial charge in [0.05, 0.1) is 6.04 Å². The summed E-state index contributed by atoms with van der Waals surface area (Å²) in [4.78, 5) is 25.1. The summed E-state index contributed by atoms with van der Waals surface area (Å²) in [6.45, 7) is 7.87. The molecule has 5 nitrogen and oxygen atoms in total. The Labute approximate surface area is 177 Å². The highest BCUT2D eigenvalue weighted by molar-refractivity contribution is 5.84. The van der Waals surface area contributed by atoms with E-state index in [-0.39, 0.29) is 35.8 Å². The van der Waals surface area contributed by atoms with Crippen molar-refractivity contribution in [3.8, 4) is 0 Å². The van der Waals surface area contributed by atoms with Gasteiger partial charge >= 0.3 is 6.03 Å². The van der Waals surface area contributed by atoms with Gasteiger partial charge in [0, 0.05) is 28.8 Å².